The van der Waals surface area contributed by atoms with Gasteiger partial charge in [-0.3, -0.25) is 9.69 Å². The maximum Gasteiger partial charge on any atom is 0.161 e. The van der Waals surface area contributed by atoms with Crippen molar-refractivity contribution in [2.24, 2.45) is 5.73 Å². The zero-order chi connectivity index (χ0) is 19.7. The second kappa shape index (κ2) is 7.24. The predicted octanol–water partition coefficient (Wildman–Crippen LogP) is 4.00. The van der Waals surface area contributed by atoms with Gasteiger partial charge in [0.15, 0.2) is 5.78 Å². The van der Waals surface area contributed by atoms with E-state index in [1.165, 1.54) is 0 Å². The Kier molecular flexibility index (Phi) is 4.62. The maximum atomic E-state index is 13.0. The van der Waals surface area contributed by atoms with E-state index in [4.69, 9.17) is 10.5 Å². The first-order valence-corrected chi connectivity index (χ1v) is 9.30. The Balaban J connectivity index is 1.96. The number of nitrogens with zero attached hydrogens (tertiary/aromatic N) is 2. The Morgan fingerprint density at radius 2 is 1.93 bits per heavy atom. The summed E-state index contributed by atoms with van der Waals surface area (Å²) < 4.78 is 5.35. The monoisotopic (exact) mass is 371 g/mol. The van der Waals surface area contributed by atoms with Crippen LogP contribution in [-0.4, -0.2) is 12.9 Å². The van der Waals surface area contributed by atoms with Crippen molar-refractivity contribution in [1.82, 2.24) is 0 Å². The Labute approximate surface area is 164 Å². The van der Waals surface area contributed by atoms with Crippen molar-refractivity contribution >= 4 is 11.5 Å². The third-order valence-electron chi connectivity index (χ3n) is 5.35. The molecular formula is C23H21N3O2. The molecule has 1 aliphatic heterocycles. The fraction of sp³-hybridized carbons (Fsp3) is 0.217. The highest BCUT2D eigenvalue weighted by Gasteiger charge is 2.40. The number of benzene rings is 2. The molecule has 0 saturated heterocycles. The molecule has 4 rings (SSSR count). The Morgan fingerprint density at radius 3 is 2.64 bits per heavy atom. The van der Waals surface area contributed by atoms with Crippen LogP contribution in [0.5, 0.6) is 5.75 Å². The van der Waals surface area contributed by atoms with E-state index in [1.807, 2.05) is 59.5 Å². The van der Waals surface area contributed by atoms with Gasteiger partial charge < -0.3 is 10.5 Å². The maximum absolute atomic E-state index is 13.0. The van der Waals surface area contributed by atoms with Crippen molar-refractivity contribution in [2.75, 3.05) is 12.0 Å². The normalized spacial score (nSPS) is 19.4. The number of hydrogen-bond acceptors (Lipinski definition) is 5. The second-order valence-electron chi connectivity index (χ2n) is 6.93. The molecular weight excluding hydrogens is 350 g/mol. The van der Waals surface area contributed by atoms with Gasteiger partial charge in [0.25, 0.3) is 0 Å². The Hall–Kier alpha value is -3.52. The van der Waals surface area contributed by atoms with Crippen molar-refractivity contribution < 1.29 is 9.53 Å². The van der Waals surface area contributed by atoms with E-state index in [2.05, 4.69) is 6.07 Å². The van der Waals surface area contributed by atoms with Crippen LogP contribution in [0.1, 0.15) is 30.7 Å². The van der Waals surface area contributed by atoms with Gasteiger partial charge in [0, 0.05) is 23.4 Å². The minimum Gasteiger partial charge on any atom is -0.497 e. The fourth-order valence-electron chi connectivity index (χ4n) is 4.11. The minimum absolute atomic E-state index is 0.0789. The quantitative estimate of drug-likeness (QED) is 0.882. The van der Waals surface area contributed by atoms with Gasteiger partial charge in [-0.05, 0) is 42.7 Å². The lowest BCUT2D eigenvalue weighted by molar-refractivity contribution is -0.116. The van der Waals surface area contributed by atoms with Gasteiger partial charge >= 0.3 is 0 Å². The van der Waals surface area contributed by atoms with Gasteiger partial charge in [0.05, 0.1) is 24.7 Å². The molecule has 0 fully saturated rings. The van der Waals surface area contributed by atoms with Crippen molar-refractivity contribution in [3.05, 3.63) is 82.8 Å². The third kappa shape index (κ3) is 2.84. The molecule has 140 valence electrons. The number of ketones is 1. The number of rotatable bonds is 3. The summed E-state index contributed by atoms with van der Waals surface area (Å²) in [6, 6.07) is 19.5. The summed E-state index contributed by atoms with van der Waals surface area (Å²) in [5.41, 5.74) is 10.2. The van der Waals surface area contributed by atoms with Crippen LogP contribution in [0.15, 0.2) is 77.3 Å². The average Bonchev–Trinajstić information content (AvgIpc) is 2.73. The van der Waals surface area contributed by atoms with E-state index in [9.17, 15) is 10.1 Å². The number of Topliss-reactive ketones (excluding diaryl/α,β-unsaturated/α-hetero) is 1. The molecule has 1 unspecified atom stereocenters. The molecule has 28 heavy (non-hydrogen) atoms. The number of para-hydroxylation sites is 1. The fourth-order valence-corrected chi connectivity index (χ4v) is 4.11. The van der Waals surface area contributed by atoms with Crippen LogP contribution in [0, 0.1) is 11.3 Å². The molecule has 1 heterocycles. The smallest absolute Gasteiger partial charge is 0.161 e. The lowest BCUT2D eigenvalue weighted by Crippen LogP contribution is -2.38. The van der Waals surface area contributed by atoms with Crippen LogP contribution in [0.3, 0.4) is 0 Å². The molecule has 2 aromatic rings. The van der Waals surface area contributed by atoms with Gasteiger partial charge in [-0.2, -0.15) is 5.26 Å². The van der Waals surface area contributed by atoms with Gasteiger partial charge in [-0.25, -0.2) is 0 Å². The van der Waals surface area contributed by atoms with Gasteiger partial charge in [0.1, 0.15) is 11.6 Å². The molecule has 0 spiro atoms. The highest BCUT2D eigenvalue weighted by molar-refractivity contribution is 6.01. The predicted molar refractivity (Wildman–Crippen MR) is 107 cm³/mol. The summed E-state index contributed by atoms with van der Waals surface area (Å²) >= 11 is 0. The lowest BCUT2D eigenvalue weighted by atomic mass is 9.75. The number of allylic oxidation sites excluding steroid dienone is 3. The van der Waals surface area contributed by atoms with Crippen molar-refractivity contribution in [3.8, 4) is 11.8 Å². The first-order valence-electron chi connectivity index (χ1n) is 9.30. The summed E-state index contributed by atoms with van der Waals surface area (Å²) in [6.45, 7) is 0. The first kappa shape index (κ1) is 17.9. The van der Waals surface area contributed by atoms with Crippen molar-refractivity contribution in [1.29, 1.82) is 5.26 Å². The van der Waals surface area contributed by atoms with E-state index >= 15 is 0 Å². The van der Waals surface area contributed by atoms with Crippen molar-refractivity contribution in [3.63, 3.8) is 0 Å². The molecule has 1 atom stereocenters. The Bertz CT molecular complexity index is 1030. The van der Waals surface area contributed by atoms with Crippen LogP contribution < -0.4 is 15.4 Å². The van der Waals surface area contributed by atoms with Crippen molar-refractivity contribution in [2.45, 2.75) is 25.2 Å². The zero-order valence-electron chi connectivity index (χ0n) is 15.7. The second-order valence-corrected chi connectivity index (χ2v) is 6.93. The van der Waals surface area contributed by atoms with E-state index in [1.54, 1.807) is 7.11 Å². The Morgan fingerprint density at radius 1 is 1.14 bits per heavy atom. The number of carbonyl (C=O) groups excluding carboxylic acids is 1. The molecule has 0 saturated carbocycles. The lowest BCUT2D eigenvalue weighted by Gasteiger charge is -2.39. The molecule has 2 aromatic carbocycles. The van der Waals surface area contributed by atoms with Crippen LogP contribution in [0.4, 0.5) is 5.69 Å². The SMILES string of the molecule is COc1cccc(C2C(C#N)=C(N)N(c3ccccc3)C3=C2C(=O)CCC3)c1. The van der Waals surface area contributed by atoms with Gasteiger partial charge in [-0.1, -0.05) is 30.3 Å². The van der Waals surface area contributed by atoms with E-state index in [0.717, 1.165) is 29.8 Å². The molecule has 0 amide bonds. The largest absolute Gasteiger partial charge is 0.497 e. The summed E-state index contributed by atoms with van der Waals surface area (Å²) in [5, 5.41) is 9.98. The highest BCUT2D eigenvalue weighted by Crippen LogP contribution is 2.46. The number of hydrogen-bond donors (Lipinski definition) is 1. The summed E-state index contributed by atoms with van der Waals surface area (Å²) in [4.78, 5) is 14.9. The van der Waals surface area contributed by atoms with Gasteiger partial charge in [-0.15, -0.1) is 0 Å². The summed E-state index contributed by atoms with van der Waals surface area (Å²) in [6.07, 6.45) is 2.01. The molecule has 0 aromatic heterocycles. The number of nitrogens with two attached hydrogens (primary N) is 1. The van der Waals surface area contributed by atoms with E-state index in [0.29, 0.717) is 29.1 Å². The standard InChI is InChI=1S/C23H21N3O2/c1-28-17-10-5-7-15(13-17)21-18(14-24)23(25)26(16-8-3-2-4-9-16)19-11-6-12-20(27)22(19)21/h2-5,7-10,13,21H,6,11-12,25H2,1H3. The van der Waals surface area contributed by atoms with E-state index in [-0.39, 0.29) is 5.78 Å². The molecule has 2 aliphatic rings. The van der Waals surface area contributed by atoms with Crippen LogP contribution in [-0.2, 0) is 4.79 Å². The van der Waals surface area contributed by atoms with E-state index < -0.39 is 5.92 Å². The highest BCUT2D eigenvalue weighted by atomic mass is 16.5. The number of carbonyl (C=O) groups is 1. The summed E-state index contributed by atoms with van der Waals surface area (Å²) in [5.74, 6) is 0.678. The van der Waals surface area contributed by atoms with Crippen LogP contribution in [0.2, 0.25) is 0 Å². The van der Waals surface area contributed by atoms with Gasteiger partial charge in [0.2, 0.25) is 0 Å². The molecule has 2 N–H and O–H groups in total. The minimum atomic E-state index is -0.470. The number of ether oxygens (including phenoxy) is 1. The van der Waals surface area contributed by atoms with Crippen LogP contribution in [0.25, 0.3) is 0 Å². The molecule has 5 heteroatoms. The molecule has 0 bridgehead atoms. The average molecular weight is 371 g/mol. The molecule has 1 aliphatic carbocycles. The number of methoxy groups -OCH3 is 1. The third-order valence-corrected chi connectivity index (χ3v) is 5.35. The molecule has 5 nitrogen and oxygen atoms in total. The summed E-state index contributed by atoms with van der Waals surface area (Å²) in [7, 11) is 1.60. The zero-order valence-corrected chi connectivity index (χ0v) is 15.7. The van der Waals surface area contributed by atoms with Crippen LogP contribution >= 0.6 is 0 Å². The first-order chi connectivity index (χ1) is 13.7. The number of nitriles is 1. The topological polar surface area (TPSA) is 79.3 Å². The molecule has 0 radical (unpaired) electrons. The number of anilines is 1.